The number of thiophene rings is 1. The molecule has 2 aliphatic rings. The van der Waals surface area contributed by atoms with Crippen molar-refractivity contribution in [3.63, 3.8) is 0 Å². The van der Waals surface area contributed by atoms with Gasteiger partial charge in [0.2, 0.25) is 5.91 Å². The molecule has 7 nitrogen and oxygen atoms in total. The topological polar surface area (TPSA) is 82.7 Å². The molecule has 8 heteroatoms. The van der Waals surface area contributed by atoms with Gasteiger partial charge in [-0.25, -0.2) is 15.2 Å². The number of hydrogen-bond donors (Lipinski definition) is 3. The van der Waals surface area contributed by atoms with E-state index in [1.807, 2.05) is 18.4 Å². The molecule has 2 aliphatic heterocycles. The van der Waals surface area contributed by atoms with Gasteiger partial charge in [0.15, 0.2) is 6.29 Å². The summed E-state index contributed by atoms with van der Waals surface area (Å²) in [4.78, 5) is 24.7. The van der Waals surface area contributed by atoms with Crippen LogP contribution in [0.1, 0.15) is 23.0 Å². The largest absolute Gasteiger partial charge is 0.461 e. The van der Waals surface area contributed by atoms with Crippen molar-refractivity contribution >= 4 is 23.2 Å². The highest BCUT2D eigenvalue weighted by Gasteiger charge is 2.41. The quantitative estimate of drug-likeness (QED) is 0.683. The molecular weight excluding hydrogens is 292 g/mol. The minimum absolute atomic E-state index is 0.0309. The molecule has 2 saturated heterocycles. The number of fused-ring (bicyclic) bond motifs is 1. The second-order valence-electron chi connectivity index (χ2n) is 5.11. The van der Waals surface area contributed by atoms with Crippen LogP contribution in [0.25, 0.3) is 0 Å². The minimum atomic E-state index is -0.326. The van der Waals surface area contributed by atoms with Crippen molar-refractivity contribution in [2.45, 2.75) is 25.7 Å². The number of hydrazine groups is 1. The smallest absolute Gasteiger partial charge is 0.348 e. The van der Waals surface area contributed by atoms with E-state index in [-0.39, 0.29) is 36.7 Å². The monoisotopic (exact) mass is 310 g/mol. The van der Waals surface area contributed by atoms with Crippen molar-refractivity contribution in [3.05, 3.63) is 22.4 Å². The molecule has 3 rings (SSSR count). The lowest BCUT2D eigenvalue weighted by molar-refractivity contribution is -0.147. The Morgan fingerprint density at radius 3 is 3.19 bits per heavy atom. The lowest BCUT2D eigenvalue weighted by Crippen LogP contribution is -2.64. The highest BCUT2D eigenvalue weighted by molar-refractivity contribution is 7.11. The van der Waals surface area contributed by atoms with Gasteiger partial charge in [0, 0.05) is 6.04 Å². The van der Waals surface area contributed by atoms with Crippen molar-refractivity contribution in [1.82, 2.24) is 21.1 Å². The second kappa shape index (κ2) is 6.10. The molecule has 0 aliphatic carbocycles. The molecule has 21 heavy (non-hydrogen) atoms. The molecular formula is C13H18N4O3S. The summed E-state index contributed by atoms with van der Waals surface area (Å²) < 4.78 is 5.23. The van der Waals surface area contributed by atoms with Crippen LogP contribution < -0.4 is 16.1 Å². The number of nitrogens with zero attached hydrogens (tertiary/aromatic N) is 1. The summed E-state index contributed by atoms with van der Waals surface area (Å²) in [7, 11) is 0. The van der Waals surface area contributed by atoms with E-state index in [1.165, 1.54) is 11.3 Å². The summed E-state index contributed by atoms with van der Waals surface area (Å²) in [6.45, 7) is 2.78. The standard InChI is InChI=1S/C13H18N4O3S/c1-8-9(11(18)17-13(16-8)14-7-15-17)4-5-20-12(19)10-3-2-6-21-10/h2-3,6,8-9,13-16H,4-5,7H2,1H3. The van der Waals surface area contributed by atoms with E-state index in [0.717, 1.165) is 0 Å². The van der Waals surface area contributed by atoms with Gasteiger partial charge in [0.25, 0.3) is 0 Å². The molecule has 114 valence electrons. The van der Waals surface area contributed by atoms with E-state index in [4.69, 9.17) is 4.74 Å². The molecule has 0 saturated carbocycles. The average Bonchev–Trinajstić information content (AvgIpc) is 3.12. The maximum absolute atomic E-state index is 12.4. The van der Waals surface area contributed by atoms with Crippen molar-refractivity contribution in [1.29, 1.82) is 0 Å². The van der Waals surface area contributed by atoms with Gasteiger partial charge in [-0.05, 0) is 24.8 Å². The van der Waals surface area contributed by atoms with Crippen molar-refractivity contribution < 1.29 is 14.3 Å². The Balaban J connectivity index is 1.52. The second-order valence-corrected chi connectivity index (χ2v) is 6.06. The van der Waals surface area contributed by atoms with E-state index in [9.17, 15) is 9.59 Å². The first-order valence-corrected chi connectivity index (χ1v) is 7.81. The summed E-state index contributed by atoms with van der Waals surface area (Å²) in [5.74, 6) is -0.499. The number of nitrogens with one attached hydrogen (secondary N) is 3. The Morgan fingerprint density at radius 1 is 1.57 bits per heavy atom. The van der Waals surface area contributed by atoms with Gasteiger partial charge in [-0.3, -0.25) is 15.4 Å². The molecule has 1 aromatic rings. The van der Waals surface area contributed by atoms with Crippen LogP contribution in [0.4, 0.5) is 0 Å². The number of carbonyl (C=O) groups excluding carboxylic acids is 2. The lowest BCUT2D eigenvalue weighted by atomic mass is 9.94. The number of carbonyl (C=O) groups is 2. The van der Waals surface area contributed by atoms with Crippen LogP contribution in [-0.2, 0) is 9.53 Å². The van der Waals surface area contributed by atoms with Gasteiger partial charge in [-0.2, -0.15) is 0 Å². The molecule has 3 atom stereocenters. The van der Waals surface area contributed by atoms with Crippen molar-refractivity contribution in [2.75, 3.05) is 13.3 Å². The van der Waals surface area contributed by atoms with Crippen LogP contribution in [0.3, 0.4) is 0 Å². The van der Waals surface area contributed by atoms with Crippen LogP contribution in [0.2, 0.25) is 0 Å². The zero-order valence-electron chi connectivity index (χ0n) is 11.7. The van der Waals surface area contributed by atoms with E-state index in [1.54, 1.807) is 11.1 Å². The van der Waals surface area contributed by atoms with Crippen molar-refractivity contribution in [2.24, 2.45) is 5.92 Å². The van der Waals surface area contributed by atoms with Crippen molar-refractivity contribution in [3.8, 4) is 0 Å². The molecule has 0 bridgehead atoms. The first-order valence-electron chi connectivity index (χ1n) is 6.93. The van der Waals surface area contributed by atoms with Gasteiger partial charge in [-0.15, -0.1) is 11.3 Å². The normalized spacial score (nSPS) is 28.5. The molecule has 0 spiro atoms. The van der Waals surface area contributed by atoms with Crippen LogP contribution in [0.5, 0.6) is 0 Å². The number of ether oxygens (including phenoxy) is 1. The van der Waals surface area contributed by atoms with E-state index >= 15 is 0 Å². The SMILES string of the molecule is CC1NC2NCNN2C(=O)C1CCOC(=O)c1cccs1. The third kappa shape index (κ3) is 2.93. The van der Waals surface area contributed by atoms with Crippen LogP contribution in [-0.4, -0.2) is 42.5 Å². The zero-order chi connectivity index (χ0) is 14.8. The molecule has 1 amide bonds. The fourth-order valence-electron chi connectivity index (χ4n) is 2.62. The molecule has 3 heterocycles. The average molecular weight is 310 g/mol. The summed E-state index contributed by atoms with van der Waals surface area (Å²) >= 11 is 1.35. The zero-order valence-corrected chi connectivity index (χ0v) is 12.5. The van der Waals surface area contributed by atoms with Gasteiger partial charge in [0.1, 0.15) is 4.88 Å². The van der Waals surface area contributed by atoms with E-state index < -0.39 is 0 Å². The predicted molar refractivity (Wildman–Crippen MR) is 77.1 cm³/mol. The maximum atomic E-state index is 12.4. The third-order valence-corrected chi connectivity index (χ3v) is 4.62. The minimum Gasteiger partial charge on any atom is -0.461 e. The maximum Gasteiger partial charge on any atom is 0.348 e. The molecule has 2 fully saturated rings. The van der Waals surface area contributed by atoms with Gasteiger partial charge >= 0.3 is 5.97 Å². The Hall–Kier alpha value is -1.48. The van der Waals surface area contributed by atoms with Crippen LogP contribution >= 0.6 is 11.3 Å². The number of hydrogen-bond acceptors (Lipinski definition) is 7. The van der Waals surface area contributed by atoms with Gasteiger partial charge in [-0.1, -0.05) is 6.07 Å². The molecule has 3 unspecified atom stereocenters. The summed E-state index contributed by atoms with van der Waals surface area (Å²) in [5.41, 5.74) is 2.98. The number of rotatable bonds is 4. The summed E-state index contributed by atoms with van der Waals surface area (Å²) in [6.07, 6.45) is 0.354. The third-order valence-electron chi connectivity index (χ3n) is 3.77. The highest BCUT2D eigenvalue weighted by atomic mass is 32.1. The van der Waals surface area contributed by atoms with Crippen LogP contribution in [0.15, 0.2) is 17.5 Å². The summed E-state index contributed by atoms with van der Waals surface area (Å²) in [5, 5.41) is 9.86. The number of esters is 1. The van der Waals surface area contributed by atoms with Gasteiger partial charge < -0.3 is 4.74 Å². The first-order chi connectivity index (χ1) is 10.2. The lowest BCUT2D eigenvalue weighted by Gasteiger charge is -2.38. The first kappa shape index (κ1) is 14.5. The van der Waals surface area contributed by atoms with E-state index in [2.05, 4.69) is 16.1 Å². The predicted octanol–water partition coefficient (Wildman–Crippen LogP) is 0.0804. The highest BCUT2D eigenvalue weighted by Crippen LogP contribution is 2.20. The van der Waals surface area contributed by atoms with Crippen LogP contribution in [0, 0.1) is 5.92 Å². The molecule has 3 N–H and O–H groups in total. The Morgan fingerprint density at radius 2 is 2.43 bits per heavy atom. The van der Waals surface area contributed by atoms with E-state index in [0.29, 0.717) is 18.0 Å². The Kier molecular flexibility index (Phi) is 4.20. The Labute approximate surface area is 126 Å². The Bertz CT molecular complexity index is 521. The fourth-order valence-corrected chi connectivity index (χ4v) is 3.24. The fraction of sp³-hybridized carbons (Fsp3) is 0.538. The molecule has 1 aromatic heterocycles. The molecule has 0 aromatic carbocycles. The summed E-state index contributed by atoms with van der Waals surface area (Å²) in [6, 6.07) is 3.57. The van der Waals surface area contributed by atoms with Gasteiger partial charge in [0.05, 0.1) is 19.2 Å². The number of amides is 1. The molecule has 0 radical (unpaired) electrons.